The molecule has 4 N–H and O–H groups in total. The molecule has 1 aliphatic rings. The van der Waals surface area contributed by atoms with Crippen LogP contribution < -0.4 is 11.5 Å². The normalized spacial score (nSPS) is 23.0. The van der Waals surface area contributed by atoms with Gasteiger partial charge in [0.15, 0.2) is 0 Å². The number of benzene rings is 1. The Morgan fingerprint density at radius 3 is 2.27 bits per heavy atom. The minimum absolute atomic E-state index is 0.0948. The van der Waals surface area contributed by atoms with Crippen LogP contribution >= 0.6 is 0 Å². The second kappa shape index (κ2) is 11.8. The van der Waals surface area contributed by atoms with Crippen LogP contribution in [-0.2, 0) is 20.0 Å². The van der Waals surface area contributed by atoms with Crippen molar-refractivity contribution in [1.29, 1.82) is 0 Å². The fourth-order valence-corrected chi connectivity index (χ4v) is 7.91. The molecular weight excluding hydrogens is 344 g/mol. The number of nitrogens with two attached hydrogens (primary N) is 2. The maximum absolute atomic E-state index is 5.83. The van der Waals surface area contributed by atoms with E-state index in [4.69, 9.17) is 25.1 Å². The van der Waals surface area contributed by atoms with E-state index in [-0.39, 0.29) is 11.3 Å². The summed E-state index contributed by atoms with van der Waals surface area (Å²) in [6.45, 7) is 2.74. The zero-order chi connectivity index (χ0) is 19.5. The Bertz CT molecular complexity index is 481. The van der Waals surface area contributed by atoms with Gasteiger partial charge in [0.1, 0.15) is 5.22 Å². The zero-order valence-corrected chi connectivity index (χ0v) is 18.0. The molecule has 1 aromatic carbocycles. The van der Waals surface area contributed by atoms with Gasteiger partial charge in [-0.1, -0.05) is 56.5 Å². The van der Waals surface area contributed by atoms with Gasteiger partial charge in [0.2, 0.25) is 0 Å². The third kappa shape index (κ3) is 5.87. The van der Waals surface area contributed by atoms with E-state index in [9.17, 15) is 0 Å². The molecule has 1 aliphatic heterocycles. The van der Waals surface area contributed by atoms with Crippen LogP contribution in [0.5, 0.6) is 0 Å². The summed E-state index contributed by atoms with van der Waals surface area (Å²) < 4.78 is 17.4. The van der Waals surface area contributed by atoms with E-state index in [0.29, 0.717) is 6.54 Å². The van der Waals surface area contributed by atoms with E-state index in [1.54, 1.807) is 21.3 Å². The number of hydrogen-bond acceptors (Lipinski definition) is 5. The molecule has 1 saturated heterocycles. The molecule has 2 rings (SSSR count). The van der Waals surface area contributed by atoms with Gasteiger partial charge in [0.05, 0.1) is 0 Å². The van der Waals surface area contributed by atoms with E-state index in [1.807, 2.05) is 18.2 Å². The molecule has 1 fully saturated rings. The van der Waals surface area contributed by atoms with Crippen LogP contribution in [0.2, 0.25) is 6.04 Å². The largest absolute Gasteiger partial charge is 0.396 e. The third-order valence-electron chi connectivity index (χ3n) is 5.38. The van der Waals surface area contributed by atoms with Gasteiger partial charge >= 0.3 is 8.56 Å². The van der Waals surface area contributed by atoms with E-state index >= 15 is 0 Å². The van der Waals surface area contributed by atoms with Gasteiger partial charge in [-0.3, -0.25) is 0 Å². The first kappa shape index (κ1) is 23.3. The smallest absolute Gasteiger partial charge is 0.370 e. The number of rotatable bonds is 8. The van der Waals surface area contributed by atoms with Crippen molar-refractivity contribution in [3.63, 3.8) is 0 Å². The van der Waals surface area contributed by atoms with E-state index in [2.05, 4.69) is 19.1 Å². The molecule has 6 heteroatoms. The van der Waals surface area contributed by atoms with Crippen molar-refractivity contribution in [3.05, 3.63) is 35.9 Å². The lowest BCUT2D eigenvalue weighted by Crippen LogP contribution is -2.64. The maximum atomic E-state index is 5.83. The van der Waals surface area contributed by atoms with Crippen LogP contribution in [-0.4, -0.2) is 47.7 Å². The quantitative estimate of drug-likeness (QED) is 0.675. The van der Waals surface area contributed by atoms with Gasteiger partial charge in [0, 0.05) is 33.9 Å². The molecule has 0 aliphatic carbocycles. The summed E-state index contributed by atoms with van der Waals surface area (Å²) in [7, 11) is 3.22. The van der Waals surface area contributed by atoms with Crippen molar-refractivity contribution >= 4 is 8.56 Å². The minimum Gasteiger partial charge on any atom is -0.396 e. The first-order valence-electron chi connectivity index (χ1n) is 9.68. The van der Waals surface area contributed by atoms with Crippen LogP contribution in [0.1, 0.15) is 44.6 Å². The molecule has 1 heterocycles. The molecule has 0 bridgehead atoms. The Hall–Kier alpha value is -0.763. The van der Waals surface area contributed by atoms with E-state index in [0.717, 1.165) is 31.7 Å². The lowest BCUT2D eigenvalue weighted by atomic mass is 10.1. The van der Waals surface area contributed by atoms with Gasteiger partial charge in [0.25, 0.3) is 0 Å². The van der Waals surface area contributed by atoms with Crippen molar-refractivity contribution in [2.75, 3.05) is 27.9 Å². The first-order chi connectivity index (χ1) is 12.5. The molecule has 0 radical (unpaired) electrons. The average Bonchev–Trinajstić information content (AvgIpc) is 2.69. The predicted octanol–water partition coefficient (Wildman–Crippen LogP) is 3.14. The molecule has 0 spiro atoms. The maximum Gasteiger partial charge on any atom is 0.370 e. The Morgan fingerprint density at radius 2 is 1.77 bits per heavy atom. The van der Waals surface area contributed by atoms with Crippen molar-refractivity contribution in [1.82, 2.24) is 0 Å². The van der Waals surface area contributed by atoms with Crippen LogP contribution in [0.4, 0.5) is 0 Å². The highest BCUT2D eigenvalue weighted by atomic mass is 28.4. The minimum atomic E-state index is -2.15. The second-order valence-corrected chi connectivity index (χ2v) is 10.7. The van der Waals surface area contributed by atoms with Crippen molar-refractivity contribution in [2.45, 2.75) is 62.8 Å². The number of methoxy groups -OCH3 is 1. The monoisotopic (exact) mass is 382 g/mol. The lowest BCUT2D eigenvalue weighted by molar-refractivity contribution is -0.0149. The Labute approximate surface area is 160 Å². The molecule has 5 nitrogen and oxygen atoms in total. The van der Waals surface area contributed by atoms with Crippen LogP contribution in [0.25, 0.3) is 0 Å². The summed E-state index contributed by atoms with van der Waals surface area (Å²) in [5.74, 6) is 0. The second-order valence-electron chi connectivity index (χ2n) is 7.00. The van der Waals surface area contributed by atoms with Crippen molar-refractivity contribution in [3.8, 4) is 0 Å². The molecule has 0 saturated carbocycles. The highest BCUT2D eigenvalue weighted by Crippen LogP contribution is 2.42. The Balaban J connectivity index is 0.000000273. The molecule has 26 heavy (non-hydrogen) atoms. The van der Waals surface area contributed by atoms with Crippen molar-refractivity contribution < 1.29 is 13.6 Å². The highest BCUT2D eigenvalue weighted by molar-refractivity contribution is 6.70. The van der Waals surface area contributed by atoms with Gasteiger partial charge < -0.3 is 25.1 Å². The van der Waals surface area contributed by atoms with Gasteiger partial charge in [-0.25, -0.2) is 0 Å². The molecule has 2 unspecified atom stereocenters. The van der Waals surface area contributed by atoms with E-state index in [1.165, 1.54) is 18.4 Å². The average molecular weight is 383 g/mol. The molecule has 0 aromatic heterocycles. The molecule has 2 atom stereocenters. The van der Waals surface area contributed by atoms with Crippen LogP contribution in [0.3, 0.4) is 0 Å². The SMILES string of the molecule is CCCC1(OC)CCCC[Si]1(OC)OC.NCC(N)Cc1ccccc1. The number of hydrogen-bond donors (Lipinski definition) is 2. The van der Waals surface area contributed by atoms with Gasteiger partial charge in [-0.15, -0.1) is 0 Å². The van der Waals surface area contributed by atoms with Crippen molar-refractivity contribution in [2.24, 2.45) is 11.5 Å². The molecule has 1 aromatic rings. The summed E-state index contributed by atoms with van der Waals surface area (Å²) in [6, 6.07) is 11.3. The molecular formula is C20H38N2O3Si. The first-order valence-corrected chi connectivity index (χ1v) is 11.7. The Morgan fingerprint density at radius 1 is 1.12 bits per heavy atom. The summed E-state index contributed by atoms with van der Waals surface area (Å²) in [5.41, 5.74) is 12.3. The Kier molecular flexibility index (Phi) is 10.6. The van der Waals surface area contributed by atoms with Gasteiger partial charge in [-0.2, -0.15) is 0 Å². The fourth-order valence-electron chi connectivity index (χ4n) is 3.93. The molecule has 0 amide bonds. The predicted molar refractivity (Wildman–Crippen MR) is 110 cm³/mol. The molecule has 150 valence electrons. The van der Waals surface area contributed by atoms with Crippen LogP contribution in [0.15, 0.2) is 30.3 Å². The summed E-state index contributed by atoms with van der Waals surface area (Å²) in [6.07, 6.45) is 6.58. The summed E-state index contributed by atoms with van der Waals surface area (Å²) in [5, 5.41) is -0.122. The summed E-state index contributed by atoms with van der Waals surface area (Å²) in [4.78, 5) is 0. The number of ether oxygens (including phenoxy) is 1. The van der Waals surface area contributed by atoms with Crippen LogP contribution in [0, 0.1) is 0 Å². The van der Waals surface area contributed by atoms with Gasteiger partial charge in [-0.05, 0) is 30.9 Å². The summed E-state index contributed by atoms with van der Waals surface area (Å²) >= 11 is 0. The third-order valence-corrected chi connectivity index (χ3v) is 9.80. The zero-order valence-electron chi connectivity index (χ0n) is 17.0. The van der Waals surface area contributed by atoms with E-state index < -0.39 is 8.56 Å². The topological polar surface area (TPSA) is 79.7 Å². The highest BCUT2D eigenvalue weighted by Gasteiger charge is 2.58. The standard InChI is InChI=1S/C11H24O3Si.C9H14N2/c1-5-8-11(12-2)9-6-7-10-15(11,13-3)14-4;10-7-9(11)6-8-4-2-1-3-5-8/h5-10H2,1-4H3;1-5,9H,6-7,10-11H2. The fraction of sp³-hybridized carbons (Fsp3) is 0.700. The lowest BCUT2D eigenvalue weighted by Gasteiger charge is -2.47.